The normalized spacial score (nSPS) is 17.0. The fourth-order valence-corrected chi connectivity index (χ4v) is 2.91. The van der Waals surface area contributed by atoms with Crippen LogP contribution in [0.4, 0.5) is 0 Å². The van der Waals surface area contributed by atoms with Gasteiger partial charge in [0.25, 0.3) is 11.5 Å². The second kappa shape index (κ2) is 7.16. The lowest BCUT2D eigenvalue weighted by Crippen LogP contribution is -2.50. The van der Waals surface area contributed by atoms with Crippen LogP contribution in [0, 0.1) is 0 Å². The van der Waals surface area contributed by atoms with Crippen molar-refractivity contribution < 1.29 is 9.90 Å². The molecule has 0 saturated carbocycles. The summed E-state index contributed by atoms with van der Waals surface area (Å²) >= 11 is 0. The fraction of sp³-hybridized carbons (Fsp3) is 0.500. The summed E-state index contributed by atoms with van der Waals surface area (Å²) < 4.78 is 0. The quantitative estimate of drug-likeness (QED) is 0.661. The molecular weight excluding hydrogens is 326 g/mol. The smallest absolute Gasteiger partial charge is 0.327 e. The van der Waals surface area contributed by atoms with Crippen LogP contribution in [0.25, 0.3) is 11.0 Å². The zero-order valence-electron chi connectivity index (χ0n) is 14.0. The number of aliphatic hydroxyl groups excluding tert-OH is 1. The van der Waals surface area contributed by atoms with E-state index in [9.17, 15) is 19.5 Å². The number of rotatable bonds is 4. The Morgan fingerprint density at radius 1 is 1.28 bits per heavy atom. The number of nitrogens with zero attached hydrogens (tertiary/aromatic N) is 3. The second-order valence-corrected chi connectivity index (χ2v) is 6.18. The van der Waals surface area contributed by atoms with Gasteiger partial charge in [0.1, 0.15) is 5.65 Å². The molecule has 3 rings (SSSR count). The first kappa shape index (κ1) is 17.3. The molecule has 1 aliphatic heterocycles. The number of aliphatic hydroxyl groups is 1. The molecule has 1 unspecified atom stereocenters. The molecule has 0 radical (unpaired) electrons. The van der Waals surface area contributed by atoms with Crippen LogP contribution in [0.2, 0.25) is 0 Å². The van der Waals surface area contributed by atoms with Crippen LogP contribution in [0.15, 0.2) is 21.9 Å². The van der Waals surface area contributed by atoms with E-state index in [1.807, 2.05) is 6.92 Å². The van der Waals surface area contributed by atoms with Gasteiger partial charge in [0.2, 0.25) is 0 Å². The van der Waals surface area contributed by atoms with E-state index in [1.54, 1.807) is 4.90 Å². The molecule has 134 valence electrons. The molecule has 9 heteroatoms. The highest BCUT2D eigenvalue weighted by Gasteiger charge is 2.23. The predicted octanol–water partition coefficient (Wildman–Crippen LogP) is -0.860. The first-order valence-corrected chi connectivity index (χ1v) is 8.30. The lowest BCUT2D eigenvalue weighted by atomic mass is 10.2. The minimum Gasteiger partial charge on any atom is -0.392 e. The molecule has 3 N–H and O–H groups in total. The number of β-amino-alcohol motifs (C(OH)–C–C–N with tert-alkyl or cyclic N) is 1. The van der Waals surface area contributed by atoms with Gasteiger partial charge in [-0.15, -0.1) is 0 Å². The number of pyridine rings is 1. The van der Waals surface area contributed by atoms with Crippen molar-refractivity contribution in [3.63, 3.8) is 0 Å². The van der Waals surface area contributed by atoms with Gasteiger partial charge in [0.15, 0.2) is 0 Å². The Bertz CT molecular complexity index is 882. The number of hydrogen-bond donors (Lipinski definition) is 3. The molecule has 1 fully saturated rings. The summed E-state index contributed by atoms with van der Waals surface area (Å²) in [5, 5.41) is 9.90. The van der Waals surface area contributed by atoms with Crippen molar-refractivity contribution in [2.24, 2.45) is 0 Å². The molecule has 2 aromatic heterocycles. The Morgan fingerprint density at radius 2 is 2.00 bits per heavy atom. The van der Waals surface area contributed by atoms with E-state index in [0.29, 0.717) is 44.7 Å². The topological polar surface area (TPSA) is 122 Å². The largest absolute Gasteiger partial charge is 0.392 e. The molecule has 1 atom stereocenters. The van der Waals surface area contributed by atoms with E-state index in [4.69, 9.17) is 0 Å². The molecule has 0 spiro atoms. The maximum Gasteiger partial charge on any atom is 0.327 e. The third-order valence-electron chi connectivity index (χ3n) is 4.44. The van der Waals surface area contributed by atoms with E-state index in [2.05, 4.69) is 19.9 Å². The van der Waals surface area contributed by atoms with Gasteiger partial charge in [-0.25, -0.2) is 9.78 Å². The third kappa shape index (κ3) is 3.77. The number of carbonyl (C=O) groups excluding carboxylic acids is 1. The van der Waals surface area contributed by atoms with E-state index >= 15 is 0 Å². The Morgan fingerprint density at radius 3 is 2.68 bits per heavy atom. The minimum atomic E-state index is -0.630. The van der Waals surface area contributed by atoms with Gasteiger partial charge in [-0.05, 0) is 12.5 Å². The molecule has 1 amide bonds. The van der Waals surface area contributed by atoms with Gasteiger partial charge in [-0.3, -0.25) is 24.5 Å². The van der Waals surface area contributed by atoms with E-state index < -0.39 is 11.2 Å². The molecule has 1 aliphatic rings. The van der Waals surface area contributed by atoms with Crippen LogP contribution in [-0.2, 0) is 0 Å². The predicted molar refractivity (Wildman–Crippen MR) is 91.6 cm³/mol. The highest BCUT2D eigenvalue weighted by atomic mass is 16.3. The van der Waals surface area contributed by atoms with Crippen LogP contribution < -0.4 is 11.2 Å². The van der Waals surface area contributed by atoms with E-state index in [-0.39, 0.29) is 23.0 Å². The summed E-state index contributed by atoms with van der Waals surface area (Å²) in [7, 11) is 0. The van der Waals surface area contributed by atoms with Crippen molar-refractivity contribution in [2.45, 2.75) is 19.4 Å². The summed E-state index contributed by atoms with van der Waals surface area (Å²) in [4.78, 5) is 48.2. The van der Waals surface area contributed by atoms with Gasteiger partial charge < -0.3 is 10.0 Å². The molecular formula is C16H21N5O4. The number of amides is 1. The Labute approximate surface area is 143 Å². The number of piperazine rings is 1. The highest BCUT2D eigenvalue weighted by molar-refractivity contribution is 5.96. The van der Waals surface area contributed by atoms with Crippen molar-refractivity contribution in [1.29, 1.82) is 0 Å². The van der Waals surface area contributed by atoms with E-state index in [0.717, 1.165) is 0 Å². The highest BCUT2D eigenvalue weighted by Crippen LogP contribution is 2.11. The van der Waals surface area contributed by atoms with Crippen molar-refractivity contribution in [3.8, 4) is 0 Å². The summed E-state index contributed by atoms with van der Waals surface area (Å²) in [5.74, 6) is -0.198. The molecule has 0 aromatic carbocycles. The zero-order valence-corrected chi connectivity index (χ0v) is 14.0. The van der Waals surface area contributed by atoms with Crippen LogP contribution in [0.3, 0.4) is 0 Å². The first-order chi connectivity index (χ1) is 12.0. The average Bonchev–Trinajstić information content (AvgIpc) is 2.61. The lowest BCUT2D eigenvalue weighted by Gasteiger charge is -2.35. The molecule has 25 heavy (non-hydrogen) atoms. The van der Waals surface area contributed by atoms with Crippen molar-refractivity contribution in [3.05, 3.63) is 38.7 Å². The van der Waals surface area contributed by atoms with Crippen LogP contribution in [0.1, 0.15) is 23.7 Å². The molecule has 1 saturated heterocycles. The summed E-state index contributed by atoms with van der Waals surface area (Å²) in [5.41, 5.74) is -0.732. The maximum atomic E-state index is 12.6. The standard InChI is InChI=1S/C16H21N5O4/c1-2-11(22)9-20-3-5-21(6-4-20)15(24)10-7-12-13(17-8-10)18-16(25)19-14(12)23/h7-8,11,22H,2-6,9H2,1H3,(H2,17,18,19,23,25). The van der Waals surface area contributed by atoms with Gasteiger partial charge in [0, 0.05) is 38.9 Å². The van der Waals surface area contributed by atoms with Crippen LogP contribution in [0.5, 0.6) is 0 Å². The molecule has 9 nitrogen and oxygen atoms in total. The average molecular weight is 347 g/mol. The van der Waals surface area contributed by atoms with Crippen molar-refractivity contribution >= 4 is 16.9 Å². The van der Waals surface area contributed by atoms with Crippen LogP contribution >= 0.6 is 0 Å². The number of fused-ring (bicyclic) bond motifs is 1. The minimum absolute atomic E-state index is 0.156. The molecule has 0 bridgehead atoms. The number of aromatic nitrogens is 3. The molecule has 3 heterocycles. The zero-order chi connectivity index (χ0) is 18.0. The Kier molecular flexibility index (Phi) is 4.95. The summed E-state index contributed by atoms with van der Waals surface area (Å²) in [6.45, 7) is 5.03. The molecule has 0 aliphatic carbocycles. The number of H-pyrrole nitrogens is 2. The maximum absolute atomic E-state index is 12.6. The number of nitrogens with one attached hydrogen (secondary N) is 2. The Hall–Kier alpha value is -2.52. The van der Waals surface area contributed by atoms with Gasteiger partial charge in [-0.2, -0.15) is 0 Å². The van der Waals surface area contributed by atoms with E-state index in [1.165, 1.54) is 12.3 Å². The number of hydrogen-bond acceptors (Lipinski definition) is 6. The third-order valence-corrected chi connectivity index (χ3v) is 4.44. The fourth-order valence-electron chi connectivity index (χ4n) is 2.91. The Balaban J connectivity index is 1.73. The summed E-state index contributed by atoms with van der Waals surface area (Å²) in [6.07, 6.45) is 1.73. The molecule has 2 aromatic rings. The SMILES string of the molecule is CCC(O)CN1CCN(C(=O)c2cnc3[nH]c(=O)[nH]c(=O)c3c2)CC1. The van der Waals surface area contributed by atoms with Gasteiger partial charge in [0.05, 0.1) is 17.1 Å². The van der Waals surface area contributed by atoms with Crippen molar-refractivity contribution in [2.75, 3.05) is 32.7 Å². The van der Waals surface area contributed by atoms with Crippen molar-refractivity contribution in [1.82, 2.24) is 24.8 Å². The number of aromatic amines is 2. The van der Waals surface area contributed by atoms with Gasteiger partial charge in [-0.1, -0.05) is 6.92 Å². The van der Waals surface area contributed by atoms with Crippen LogP contribution in [-0.4, -0.2) is 74.6 Å². The number of carbonyl (C=O) groups is 1. The van der Waals surface area contributed by atoms with Gasteiger partial charge >= 0.3 is 5.69 Å². The first-order valence-electron chi connectivity index (χ1n) is 8.30. The second-order valence-electron chi connectivity index (χ2n) is 6.18. The lowest BCUT2D eigenvalue weighted by molar-refractivity contribution is 0.0523. The monoisotopic (exact) mass is 347 g/mol. The summed E-state index contributed by atoms with van der Waals surface area (Å²) in [6, 6.07) is 1.45.